The standard InChI is InChI=1S/C18H34N4O3S2.HI/c1-7-19-18(20-12-11-16(14(3)4)25-8-2)21-13-15-9-10-17(26-15)27(23,24)22(5)6;/h9-10,14,16H,7-8,11-13H2,1-6H3,(H2,19,20,21);1H. The third-order valence-corrected chi connectivity index (χ3v) is 7.31. The minimum atomic E-state index is -3.38. The zero-order valence-electron chi connectivity index (χ0n) is 17.7. The summed E-state index contributed by atoms with van der Waals surface area (Å²) >= 11 is 1.26. The van der Waals surface area contributed by atoms with Crippen LogP contribution >= 0.6 is 35.3 Å². The Morgan fingerprint density at radius 3 is 2.46 bits per heavy atom. The topological polar surface area (TPSA) is 83.0 Å². The maximum atomic E-state index is 12.2. The number of sulfonamides is 1. The lowest BCUT2D eigenvalue weighted by Gasteiger charge is -2.21. The zero-order valence-corrected chi connectivity index (χ0v) is 21.7. The van der Waals surface area contributed by atoms with Gasteiger partial charge in [-0.2, -0.15) is 0 Å². The molecule has 0 spiro atoms. The highest BCUT2D eigenvalue weighted by Crippen LogP contribution is 2.24. The quantitative estimate of drug-likeness (QED) is 0.253. The third-order valence-electron chi connectivity index (χ3n) is 3.95. The molecule has 7 nitrogen and oxygen atoms in total. The Balaban J connectivity index is 0.00000729. The molecule has 0 fully saturated rings. The monoisotopic (exact) mass is 546 g/mol. The number of thiophene rings is 1. The highest BCUT2D eigenvalue weighted by molar-refractivity contribution is 14.0. The lowest BCUT2D eigenvalue weighted by Crippen LogP contribution is -2.39. The first-order valence-electron chi connectivity index (χ1n) is 9.37. The molecule has 28 heavy (non-hydrogen) atoms. The Labute approximate surface area is 191 Å². The average molecular weight is 547 g/mol. The minimum Gasteiger partial charge on any atom is -0.378 e. The normalized spacial score (nSPS) is 13.5. The summed E-state index contributed by atoms with van der Waals surface area (Å²) in [6.07, 6.45) is 1.13. The maximum Gasteiger partial charge on any atom is 0.252 e. The summed E-state index contributed by atoms with van der Waals surface area (Å²) in [6, 6.07) is 3.46. The SMILES string of the molecule is CCNC(=NCc1ccc(S(=O)(=O)N(C)C)s1)NCCC(OCC)C(C)C.I. The molecule has 1 aromatic heterocycles. The summed E-state index contributed by atoms with van der Waals surface area (Å²) in [6.45, 7) is 11.0. The van der Waals surface area contributed by atoms with E-state index in [1.807, 2.05) is 19.9 Å². The molecule has 0 aliphatic carbocycles. The second-order valence-electron chi connectivity index (χ2n) is 6.66. The molecule has 1 unspecified atom stereocenters. The Morgan fingerprint density at radius 2 is 1.93 bits per heavy atom. The molecule has 2 N–H and O–H groups in total. The first-order valence-corrected chi connectivity index (χ1v) is 11.6. The fraction of sp³-hybridized carbons (Fsp3) is 0.722. The van der Waals surface area contributed by atoms with Crippen LogP contribution in [0.3, 0.4) is 0 Å². The molecule has 0 radical (unpaired) electrons. The molecular formula is C18H35IN4O3S2. The number of hydrogen-bond acceptors (Lipinski definition) is 5. The fourth-order valence-electron chi connectivity index (χ4n) is 2.42. The van der Waals surface area contributed by atoms with Crippen LogP contribution in [0.15, 0.2) is 21.3 Å². The number of aliphatic imine (C=N–C) groups is 1. The van der Waals surface area contributed by atoms with Crippen molar-refractivity contribution in [2.45, 2.75) is 51.0 Å². The molecule has 0 aliphatic rings. The average Bonchev–Trinajstić information content (AvgIpc) is 3.08. The maximum absolute atomic E-state index is 12.2. The summed E-state index contributed by atoms with van der Waals surface area (Å²) < 4.78 is 31.7. The minimum absolute atomic E-state index is 0. The largest absolute Gasteiger partial charge is 0.378 e. The van der Waals surface area contributed by atoms with Crippen molar-refractivity contribution in [1.82, 2.24) is 14.9 Å². The molecule has 0 saturated heterocycles. The molecule has 0 bridgehead atoms. The molecule has 10 heteroatoms. The van der Waals surface area contributed by atoms with E-state index in [9.17, 15) is 8.42 Å². The summed E-state index contributed by atoms with van der Waals surface area (Å²) in [4.78, 5) is 5.47. The van der Waals surface area contributed by atoms with Crippen LogP contribution in [0.25, 0.3) is 0 Å². The van der Waals surface area contributed by atoms with Crippen LogP contribution in [-0.4, -0.2) is 58.6 Å². The van der Waals surface area contributed by atoms with Gasteiger partial charge in [0.25, 0.3) is 10.0 Å². The summed E-state index contributed by atoms with van der Waals surface area (Å²) in [5, 5.41) is 6.55. The number of hydrogen-bond donors (Lipinski definition) is 2. The van der Waals surface area contributed by atoms with Crippen molar-refractivity contribution in [2.75, 3.05) is 33.8 Å². The number of halogens is 1. The Kier molecular flexibility index (Phi) is 13.5. The zero-order chi connectivity index (χ0) is 20.4. The number of guanidine groups is 1. The van der Waals surface area contributed by atoms with Crippen LogP contribution in [0.1, 0.15) is 39.0 Å². The van der Waals surface area contributed by atoms with E-state index in [0.29, 0.717) is 23.3 Å². The van der Waals surface area contributed by atoms with Gasteiger partial charge < -0.3 is 15.4 Å². The molecule has 0 aliphatic heterocycles. The van der Waals surface area contributed by atoms with Gasteiger partial charge in [-0.25, -0.2) is 17.7 Å². The van der Waals surface area contributed by atoms with Crippen molar-refractivity contribution in [3.63, 3.8) is 0 Å². The van der Waals surface area contributed by atoms with Gasteiger partial charge in [0.05, 0.1) is 12.6 Å². The highest BCUT2D eigenvalue weighted by Gasteiger charge is 2.19. The Hall–Kier alpha value is -0.430. The van der Waals surface area contributed by atoms with Crippen LogP contribution in [-0.2, 0) is 21.3 Å². The molecular weight excluding hydrogens is 511 g/mol. The van der Waals surface area contributed by atoms with E-state index in [0.717, 1.165) is 30.3 Å². The lowest BCUT2D eigenvalue weighted by molar-refractivity contribution is 0.0258. The molecule has 164 valence electrons. The Bertz CT molecular complexity index is 691. The van der Waals surface area contributed by atoms with Crippen LogP contribution in [0.2, 0.25) is 0 Å². The van der Waals surface area contributed by atoms with Crippen LogP contribution in [0, 0.1) is 5.92 Å². The first kappa shape index (κ1) is 27.6. The van der Waals surface area contributed by atoms with Gasteiger partial charge in [-0.15, -0.1) is 35.3 Å². The predicted molar refractivity (Wildman–Crippen MR) is 128 cm³/mol. The van der Waals surface area contributed by atoms with Crippen molar-refractivity contribution in [3.05, 3.63) is 17.0 Å². The van der Waals surface area contributed by atoms with Gasteiger partial charge in [-0.05, 0) is 38.3 Å². The fourth-order valence-corrected chi connectivity index (χ4v) is 4.87. The molecule has 1 heterocycles. The van der Waals surface area contributed by atoms with Gasteiger partial charge in [0, 0.05) is 38.7 Å². The van der Waals surface area contributed by atoms with Gasteiger partial charge in [0.15, 0.2) is 5.96 Å². The van der Waals surface area contributed by atoms with Crippen molar-refractivity contribution in [3.8, 4) is 0 Å². The second-order valence-corrected chi connectivity index (χ2v) is 10.2. The van der Waals surface area contributed by atoms with E-state index in [4.69, 9.17) is 4.74 Å². The highest BCUT2D eigenvalue weighted by atomic mass is 127. The van der Waals surface area contributed by atoms with Crippen molar-refractivity contribution in [2.24, 2.45) is 10.9 Å². The molecule has 0 saturated carbocycles. The number of nitrogens with one attached hydrogen (secondary N) is 2. The summed E-state index contributed by atoms with van der Waals surface area (Å²) in [5.41, 5.74) is 0. The van der Waals surface area contributed by atoms with E-state index >= 15 is 0 Å². The van der Waals surface area contributed by atoms with Crippen LogP contribution in [0.4, 0.5) is 0 Å². The van der Waals surface area contributed by atoms with Crippen molar-refractivity contribution >= 4 is 51.3 Å². The third kappa shape index (κ3) is 8.93. The van der Waals surface area contributed by atoms with Crippen LogP contribution < -0.4 is 10.6 Å². The molecule has 1 atom stereocenters. The Morgan fingerprint density at radius 1 is 1.25 bits per heavy atom. The van der Waals surface area contributed by atoms with E-state index in [-0.39, 0.29) is 30.1 Å². The predicted octanol–water partition coefficient (Wildman–Crippen LogP) is 3.12. The van der Waals surface area contributed by atoms with E-state index < -0.39 is 10.0 Å². The number of ether oxygens (including phenoxy) is 1. The molecule has 1 rings (SSSR count). The molecule has 0 aromatic carbocycles. The van der Waals surface area contributed by atoms with E-state index in [1.54, 1.807) is 6.07 Å². The van der Waals surface area contributed by atoms with Crippen molar-refractivity contribution in [1.29, 1.82) is 0 Å². The summed E-state index contributed by atoms with van der Waals surface area (Å²) in [7, 11) is -0.315. The van der Waals surface area contributed by atoms with Gasteiger partial charge in [0.1, 0.15) is 4.21 Å². The van der Waals surface area contributed by atoms with E-state index in [1.165, 1.54) is 29.7 Å². The van der Waals surface area contributed by atoms with Gasteiger partial charge >= 0.3 is 0 Å². The number of rotatable bonds is 11. The smallest absolute Gasteiger partial charge is 0.252 e. The lowest BCUT2D eigenvalue weighted by atomic mass is 10.0. The van der Waals surface area contributed by atoms with Gasteiger partial charge in [0.2, 0.25) is 0 Å². The van der Waals surface area contributed by atoms with Gasteiger partial charge in [-0.3, -0.25) is 0 Å². The first-order chi connectivity index (χ1) is 12.7. The molecule has 0 amide bonds. The van der Waals surface area contributed by atoms with E-state index in [2.05, 4.69) is 29.5 Å². The van der Waals surface area contributed by atoms with Crippen LogP contribution in [0.5, 0.6) is 0 Å². The van der Waals surface area contributed by atoms with Gasteiger partial charge in [-0.1, -0.05) is 13.8 Å². The van der Waals surface area contributed by atoms with Crippen molar-refractivity contribution < 1.29 is 13.2 Å². The summed E-state index contributed by atoms with van der Waals surface area (Å²) in [5.74, 6) is 1.19. The second kappa shape index (κ2) is 13.7. The number of nitrogens with zero attached hydrogens (tertiary/aromatic N) is 2. The molecule has 1 aromatic rings.